The van der Waals surface area contributed by atoms with Crippen molar-refractivity contribution in [1.29, 1.82) is 0 Å². The summed E-state index contributed by atoms with van der Waals surface area (Å²) in [6.45, 7) is 2.37. The van der Waals surface area contributed by atoms with E-state index in [-0.39, 0.29) is 35.6 Å². The minimum atomic E-state index is -3.77. The molecule has 0 radical (unpaired) electrons. The molecule has 0 aliphatic carbocycles. The minimum Gasteiger partial charge on any atom is -0.326 e. The maximum Gasteiger partial charge on any atom is 0.261 e. The lowest BCUT2D eigenvalue weighted by molar-refractivity contribution is -0.120. The van der Waals surface area contributed by atoms with Crippen LogP contribution in [0.1, 0.15) is 24.0 Å². The first-order chi connectivity index (χ1) is 17.5. The predicted molar refractivity (Wildman–Crippen MR) is 148 cm³/mol. The first kappa shape index (κ1) is 27.3. The molecule has 196 valence electrons. The highest BCUT2D eigenvalue weighted by Gasteiger charge is 2.31. The van der Waals surface area contributed by atoms with Gasteiger partial charge >= 0.3 is 0 Å². The summed E-state index contributed by atoms with van der Waals surface area (Å²) in [4.78, 5) is 12.9. The zero-order valence-electron chi connectivity index (χ0n) is 20.2. The van der Waals surface area contributed by atoms with Gasteiger partial charge in [-0.3, -0.25) is 9.52 Å². The number of nitrogens with one attached hydrogen (secondary N) is 2. The van der Waals surface area contributed by atoms with Crippen molar-refractivity contribution >= 4 is 53.3 Å². The fraction of sp³-hybridized carbons (Fsp3) is 0.269. The van der Waals surface area contributed by atoms with E-state index in [0.29, 0.717) is 29.8 Å². The number of anilines is 2. The van der Waals surface area contributed by atoms with Gasteiger partial charge in [0.2, 0.25) is 15.9 Å². The molecule has 0 unspecified atom stereocenters. The molecule has 1 amide bonds. The molecule has 11 heteroatoms. The van der Waals surface area contributed by atoms with Crippen molar-refractivity contribution in [3.05, 3.63) is 88.4 Å². The first-order valence-corrected chi connectivity index (χ1v) is 15.6. The Balaban J connectivity index is 1.32. The van der Waals surface area contributed by atoms with E-state index in [1.165, 1.54) is 16.4 Å². The van der Waals surface area contributed by atoms with Crippen LogP contribution in [0.2, 0.25) is 0 Å². The lowest BCUT2D eigenvalue weighted by atomic mass is 9.97. The summed E-state index contributed by atoms with van der Waals surface area (Å²) in [6, 6.07) is 20.3. The summed E-state index contributed by atoms with van der Waals surface area (Å²) < 4.78 is 56.0. The van der Waals surface area contributed by atoms with Crippen molar-refractivity contribution in [3.63, 3.8) is 0 Å². The zero-order valence-corrected chi connectivity index (χ0v) is 23.4. The average molecular weight is 607 g/mol. The molecule has 0 aromatic heterocycles. The predicted octanol–water partition coefficient (Wildman–Crippen LogP) is 4.74. The number of para-hydroxylation sites is 1. The molecule has 3 aromatic rings. The monoisotopic (exact) mass is 605 g/mol. The number of carbonyl (C=O) groups is 1. The quantitative estimate of drug-likeness (QED) is 0.385. The van der Waals surface area contributed by atoms with Crippen molar-refractivity contribution in [2.45, 2.75) is 30.4 Å². The fourth-order valence-corrected chi connectivity index (χ4v) is 7.31. The standard InChI is InChI=1S/C26H28BrN3O5S2/c1-19-5-2-3-8-25(19)29-37(34,35)24-11-9-23(10-12-24)28-26(31)21-13-15-30(16-14-21)36(32,33)18-20-6-4-7-22(27)17-20/h2-12,17,21,29H,13-16,18H2,1H3,(H,28,31). The van der Waals surface area contributed by atoms with Crippen LogP contribution in [-0.4, -0.2) is 40.1 Å². The van der Waals surface area contributed by atoms with Gasteiger partial charge in [0, 0.05) is 29.2 Å². The Hall–Kier alpha value is -2.73. The highest BCUT2D eigenvalue weighted by atomic mass is 79.9. The molecule has 1 fully saturated rings. The Bertz CT molecular complexity index is 1480. The van der Waals surface area contributed by atoms with Gasteiger partial charge in [0.25, 0.3) is 10.0 Å². The Kier molecular flexibility index (Phi) is 8.37. The van der Waals surface area contributed by atoms with E-state index < -0.39 is 20.0 Å². The smallest absolute Gasteiger partial charge is 0.261 e. The first-order valence-electron chi connectivity index (χ1n) is 11.8. The molecule has 1 saturated heterocycles. The minimum absolute atomic E-state index is 0.0812. The third-order valence-corrected chi connectivity index (χ3v) is 10.0. The molecule has 3 aromatic carbocycles. The number of piperidine rings is 1. The van der Waals surface area contributed by atoms with Crippen LogP contribution in [0.15, 0.2) is 82.2 Å². The largest absolute Gasteiger partial charge is 0.326 e. The van der Waals surface area contributed by atoms with E-state index >= 15 is 0 Å². The number of amides is 1. The number of hydrogen-bond acceptors (Lipinski definition) is 5. The summed E-state index contributed by atoms with van der Waals surface area (Å²) in [5.41, 5.74) is 2.49. The number of sulfonamides is 2. The molecule has 4 rings (SSSR count). The van der Waals surface area contributed by atoms with Crippen LogP contribution in [0.5, 0.6) is 0 Å². The molecular weight excluding hydrogens is 578 g/mol. The Morgan fingerprint density at radius 2 is 1.62 bits per heavy atom. The maximum absolute atomic E-state index is 12.8. The van der Waals surface area contributed by atoms with Crippen molar-refractivity contribution in [2.24, 2.45) is 5.92 Å². The lowest BCUT2D eigenvalue weighted by Gasteiger charge is -2.30. The van der Waals surface area contributed by atoms with E-state index in [2.05, 4.69) is 26.0 Å². The second kappa shape index (κ2) is 11.3. The molecule has 1 aliphatic rings. The molecule has 0 atom stereocenters. The molecule has 8 nitrogen and oxygen atoms in total. The van der Waals surface area contributed by atoms with Crippen molar-refractivity contribution in [2.75, 3.05) is 23.1 Å². The highest BCUT2D eigenvalue weighted by molar-refractivity contribution is 9.10. The second-order valence-corrected chi connectivity index (χ2v) is 13.6. The maximum atomic E-state index is 12.8. The van der Waals surface area contributed by atoms with Crippen LogP contribution in [0.25, 0.3) is 0 Å². The molecule has 1 aliphatic heterocycles. The van der Waals surface area contributed by atoms with Crippen LogP contribution in [0.4, 0.5) is 11.4 Å². The molecule has 0 saturated carbocycles. The van der Waals surface area contributed by atoms with Crippen LogP contribution in [0.3, 0.4) is 0 Å². The van der Waals surface area contributed by atoms with Crippen molar-refractivity contribution < 1.29 is 21.6 Å². The molecule has 0 bridgehead atoms. The van der Waals surface area contributed by atoms with Crippen LogP contribution < -0.4 is 10.0 Å². The van der Waals surface area contributed by atoms with Gasteiger partial charge < -0.3 is 5.32 Å². The van der Waals surface area contributed by atoms with Gasteiger partial charge in [-0.15, -0.1) is 0 Å². The van der Waals surface area contributed by atoms with Gasteiger partial charge in [-0.05, 0) is 73.4 Å². The van der Waals surface area contributed by atoms with Crippen LogP contribution in [0, 0.1) is 12.8 Å². The molecular formula is C26H28BrN3O5S2. The lowest BCUT2D eigenvalue weighted by Crippen LogP contribution is -2.41. The molecule has 0 spiro atoms. The molecule has 37 heavy (non-hydrogen) atoms. The van der Waals surface area contributed by atoms with Gasteiger partial charge in [-0.1, -0.05) is 46.3 Å². The number of aryl methyl sites for hydroxylation is 1. The topological polar surface area (TPSA) is 113 Å². The SMILES string of the molecule is Cc1ccccc1NS(=O)(=O)c1ccc(NC(=O)C2CCN(S(=O)(=O)Cc3cccc(Br)c3)CC2)cc1. The van der Waals surface area contributed by atoms with E-state index in [0.717, 1.165) is 10.0 Å². The molecule has 2 N–H and O–H groups in total. The summed E-state index contributed by atoms with van der Waals surface area (Å²) in [7, 11) is -7.26. The summed E-state index contributed by atoms with van der Waals surface area (Å²) in [6.07, 6.45) is 0.826. The fourth-order valence-electron chi connectivity index (χ4n) is 4.18. The average Bonchev–Trinajstić information content (AvgIpc) is 2.85. The second-order valence-electron chi connectivity index (χ2n) is 8.99. The Morgan fingerprint density at radius 3 is 2.27 bits per heavy atom. The van der Waals surface area contributed by atoms with E-state index in [1.807, 2.05) is 25.1 Å². The number of hydrogen-bond donors (Lipinski definition) is 2. The third-order valence-electron chi connectivity index (χ3n) is 6.28. The summed E-state index contributed by atoms with van der Waals surface area (Å²) in [5, 5.41) is 2.82. The van der Waals surface area contributed by atoms with E-state index in [1.54, 1.807) is 42.5 Å². The number of halogens is 1. The van der Waals surface area contributed by atoms with Gasteiger partial charge in [0.1, 0.15) is 0 Å². The Labute approximate surface area is 226 Å². The van der Waals surface area contributed by atoms with E-state index in [4.69, 9.17) is 0 Å². The zero-order chi connectivity index (χ0) is 26.6. The highest BCUT2D eigenvalue weighted by Crippen LogP contribution is 2.25. The van der Waals surface area contributed by atoms with Crippen LogP contribution in [-0.2, 0) is 30.6 Å². The Morgan fingerprint density at radius 1 is 0.946 bits per heavy atom. The van der Waals surface area contributed by atoms with Crippen molar-refractivity contribution in [1.82, 2.24) is 4.31 Å². The van der Waals surface area contributed by atoms with Gasteiger partial charge in [0.15, 0.2) is 0 Å². The number of benzene rings is 3. The number of nitrogens with zero attached hydrogens (tertiary/aromatic N) is 1. The van der Waals surface area contributed by atoms with Gasteiger partial charge in [-0.25, -0.2) is 21.1 Å². The van der Waals surface area contributed by atoms with E-state index in [9.17, 15) is 21.6 Å². The summed E-state index contributed by atoms with van der Waals surface area (Å²) in [5.74, 6) is -0.627. The van der Waals surface area contributed by atoms with Gasteiger partial charge in [0.05, 0.1) is 16.3 Å². The van der Waals surface area contributed by atoms with Gasteiger partial charge in [-0.2, -0.15) is 0 Å². The number of carbonyl (C=O) groups excluding carboxylic acids is 1. The number of rotatable bonds is 8. The molecule has 1 heterocycles. The van der Waals surface area contributed by atoms with Crippen LogP contribution >= 0.6 is 15.9 Å². The third kappa shape index (κ3) is 6.98. The van der Waals surface area contributed by atoms with Crippen molar-refractivity contribution in [3.8, 4) is 0 Å². The normalized spacial score (nSPS) is 15.3. The summed E-state index contributed by atoms with van der Waals surface area (Å²) >= 11 is 3.36.